The van der Waals surface area contributed by atoms with Gasteiger partial charge in [-0.2, -0.15) is 0 Å². The monoisotopic (exact) mass is 400 g/mol. The maximum absolute atomic E-state index is 13.2. The van der Waals surface area contributed by atoms with Crippen molar-refractivity contribution in [2.45, 2.75) is 32.0 Å². The zero-order valence-electron chi connectivity index (χ0n) is 16.7. The molecule has 0 amide bonds. The Morgan fingerprint density at radius 1 is 0.800 bits per heavy atom. The highest BCUT2D eigenvalue weighted by Crippen LogP contribution is 2.43. The lowest BCUT2D eigenvalue weighted by molar-refractivity contribution is -0.218. The molecule has 4 rings (SSSR count). The summed E-state index contributed by atoms with van der Waals surface area (Å²) in [6, 6.07) is 29.0. The third-order valence-electron chi connectivity index (χ3n) is 5.60. The van der Waals surface area contributed by atoms with Crippen molar-refractivity contribution in [1.29, 1.82) is 0 Å². The van der Waals surface area contributed by atoms with Gasteiger partial charge in [-0.15, -0.1) is 0 Å². The third kappa shape index (κ3) is 4.13. The summed E-state index contributed by atoms with van der Waals surface area (Å²) in [6.07, 6.45) is 1.07. The van der Waals surface area contributed by atoms with Crippen LogP contribution >= 0.6 is 0 Å². The summed E-state index contributed by atoms with van der Waals surface area (Å²) < 4.78 is 11.1. The smallest absolute Gasteiger partial charge is 0.328 e. The van der Waals surface area contributed by atoms with Crippen LogP contribution in [0.4, 0.5) is 0 Å². The SMILES string of the molecule is O=C(OCc1ccccc1)[C@@]1(Cc2ccccc2)C(=O)OC1CCc1ccccc1. The molecule has 1 aliphatic heterocycles. The minimum Gasteiger partial charge on any atom is -0.460 e. The van der Waals surface area contributed by atoms with E-state index in [1.54, 1.807) is 0 Å². The van der Waals surface area contributed by atoms with Crippen LogP contribution in [0.1, 0.15) is 23.1 Å². The Balaban J connectivity index is 1.54. The first kappa shape index (κ1) is 19.9. The molecule has 0 bridgehead atoms. The molecule has 0 spiro atoms. The van der Waals surface area contributed by atoms with E-state index < -0.39 is 23.5 Å². The molecule has 0 aliphatic carbocycles. The van der Waals surface area contributed by atoms with Crippen molar-refractivity contribution in [3.05, 3.63) is 108 Å². The predicted octanol–water partition coefficient (Wildman–Crippen LogP) is 4.52. The number of ether oxygens (including phenoxy) is 2. The van der Waals surface area contributed by atoms with Gasteiger partial charge in [-0.3, -0.25) is 9.59 Å². The van der Waals surface area contributed by atoms with Gasteiger partial charge in [-0.05, 0) is 29.5 Å². The number of aryl methyl sites for hydroxylation is 1. The number of hydrogen-bond acceptors (Lipinski definition) is 4. The Morgan fingerprint density at radius 2 is 1.33 bits per heavy atom. The van der Waals surface area contributed by atoms with Crippen LogP contribution in [0.3, 0.4) is 0 Å². The highest BCUT2D eigenvalue weighted by atomic mass is 16.6. The Hall–Kier alpha value is -3.40. The average molecular weight is 400 g/mol. The molecule has 0 N–H and O–H groups in total. The summed E-state index contributed by atoms with van der Waals surface area (Å²) >= 11 is 0. The van der Waals surface area contributed by atoms with Crippen molar-refractivity contribution in [2.75, 3.05) is 0 Å². The van der Waals surface area contributed by atoms with E-state index >= 15 is 0 Å². The van der Waals surface area contributed by atoms with Crippen molar-refractivity contribution >= 4 is 11.9 Å². The summed E-state index contributed by atoms with van der Waals surface area (Å²) in [5, 5.41) is 0. The second-order valence-corrected chi connectivity index (χ2v) is 7.61. The molecule has 30 heavy (non-hydrogen) atoms. The van der Waals surface area contributed by atoms with Crippen molar-refractivity contribution in [3.63, 3.8) is 0 Å². The average Bonchev–Trinajstić information content (AvgIpc) is 2.80. The number of benzene rings is 3. The first-order chi connectivity index (χ1) is 14.7. The van der Waals surface area contributed by atoms with E-state index in [1.807, 2.05) is 91.0 Å². The van der Waals surface area contributed by atoms with E-state index in [9.17, 15) is 9.59 Å². The standard InChI is InChI=1S/C26H24O4/c27-24(29-19-22-14-8-3-9-15-22)26(18-21-12-6-2-7-13-21)23(30-25(26)28)17-16-20-10-4-1-5-11-20/h1-15,23H,16-19H2/t23?,26-/m0/s1. The van der Waals surface area contributed by atoms with Gasteiger partial charge in [0.1, 0.15) is 12.7 Å². The zero-order chi connectivity index (χ0) is 20.8. The molecule has 1 saturated heterocycles. The first-order valence-electron chi connectivity index (χ1n) is 10.2. The van der Waals surface area contributed by atoms with Gasteiger partial charge in [0.25, 0.3) is 0 Å². The number of rotatable bonds is 8. The molecular weight excluding hydrogens is 376 g/mol. The van der Waals surface area contributed by atoms with Gasteiger partial charge in [-0.1, -0.05) is 91.0 Å². The fraction of sp³-hybridized carbons (Fsp3) is 0.231. The fourth-order valence-corrected chi connectivity index (χ4v) is 3.90. The second-order valence-electron chi connectivity index (χ2n) is 7.61. The maximum atomic E-state index is 13.2. The lowest BCUT2D eigenvalue weighted by Gasteiger charge is -2.44. The van der Waals surface area contributed by atoms with Crippen LogP contribution in [0.15, 0.2) is 91.0 Å². The lowest BCUT2D eigenvalue weighted by Crippen LogP contribution is -2.63. The second kappa shape index (κ2) is 8.95. The molecule has 1 heterocycles. The van der Waals surface area contributed by atoms with E-state index in [-0.39, 0.29) is 13.0 Å². The van der Waals surface area contributed by atoms with Gasteiger partial charge in [0.2, 0.25) is 5.41 Å². The largest absolute Gasteiger partial charge is 0.460 e. The summed E-state index contributed by atoms with van der Waals surface area (Å²) in [5.41, 5.74) is 1.64. The molecule has 0 radical (unpaired) electrons. The molecule has 3 aromatic rings. The lowest BCUT2D eigenvalue weighted by atomic mass is 9.70. The van der Waals surface area contributed by atoms with Crippen LogP contribution in [-0.4, -0.2) is 18.0 Å². The van der Waals surface area contributed by atoms with E-state index in [4.69, 9.17) is 9.47 Å². The van der Waals surface area contributed by atoms with Crippen LogP contribution in [0.25, 0.3) is 0 Å². The molecule has 4 heteroatoms. The molecule has 1 unspecified atom stereocenters. The predicted molar refractivity (Wildman–Crippen MR) is 113 cm³/mol. The Labute approximate surface area is 176 Å². The molecule has 4 nitrogen and oxygen atoms in total. The van der Waals surface area contributed by atoms with E-state index in [2.05, 4.69) is 0 Å². The van der Waals surface area contributed by atoms with Gasteiger partial charge < -0.3 is 9.47 Å². The fourth-order valence-electron chi connectivity index (χ4n) is 3.90. The van der Waals surface area contributed by atoms with Crippen LogP contribution in [0.5, 0.6) is 0 Å². The Bertz CT molecular complexity index is 985. The normalized spacial score (nSPS) is 20.1. The van der Waals surface area contributed by atoms with Crippen molar-refractivity contribution in [3.8, 4) is 0 Å². The Morgan fingerprint density at radius 3 is 1.90 bits per heavy atom. The van der Waals surface area contributed by atoms with Crippen LogP contribution in [0, 0.1) is 5.41 Å². The van der Waals surface area contributed by atoms with Crippen molar-refractivity contribution in [1.82, 2.24) is 0 Å². The van der Waals surface area contributed by atoms with Crippen LogP contribution < -0.4 is 0 Å². The van der Waals surface area contributed by atoms with E-state index in [0.29, 0.717) is 6.42 Å². The van der Waals surface area contributed by atoms with Gasteiger partial charge in [-0.25, -0.2) is 0 Å². The minimum atomic E-state index is -1.30. The zero-order valence-corrected chi connectivity index (χ0v) is 16.7. The van der Waals surface area contributed by atoms with Crippen LogP contribution in [-0.2, 0) is 38.5 Å². The Kier molecular flexibility index (Phi) is 5.94. The van der Waals surface area contributed by atoms with Crippen molar-refractivity contribution < 1.29 is 19.1 Å². The highest BCUT2D eigenvalue weighted by molar-refractivity contribution is 6.05. The number of carbonyl (C=O) groups is 2. The summed E-state index contributed by atoms with van der Waals surface area (Å²) in [6.45, 7) is 0.134. The number of hydrogen-bond donors (Lipinski definition) is 0. The third-order valence-corrected chi connectivity index (χ3v) is 5.60. The summed E-state index contributed by atoms with van der Waals surface area (Å²) in [4.78, 5) is 25.9. The molecule has 3 aromatic carbocycles. The van der Waals surface area contributed by atoms with Gasteiger partial charge in [0, 0.05) is 6.42 Å². The molecule has 1 fully saturated rings. The quantitative estimate of drug-likeness (QED) is 0.412. The van der Waals surface area contributed by atoms with Crippen LogP contribution in [0.2, 0.25) is 0 Å². The highest BCUT2D eigenvalue weighted by Gasteiger charge is 2.64. The van der Waals surface area contributed by atoms with E-state index in [0.717, 1.165) is 23.1 Å². The molecule has 0 aromatic heterocycles. The molecular formula is C26H24O4. The minimum absolute atomic E-state index is 0.134. The number of cyclic esters (lactones) is 1. The molecule has 0 saturated carbocycles. The maximum Gasteiger partial charge on any atom is 0.328 e. The van der Waals surface area contributed by atoms with Gasteiger partial charge in [0.15, 0.2) is 0 Å². The number of carbonyl (C=O) groups excluding carboxylic acids is 2. The molecule has 152 valence electrons. The summed E-state index contributed by atoms with van der Waals surface area (Å²) in [7, 11) is 0. The van der Waals surface area contributed by atoms with Crippen molar-refractivity contribution in [2.24, 2.45) is 5.41 Å². The van der Waals surface area contributed by atoms with E-state index in [1.165, 1.54) is 0 Å². The summed E-state index contributed by atoms with van der Waals surface area (Å²) in [5.74, 6) is -1.01. The molecule has 2 atom stereocenters. The first-order valence-corrected chi connectivity index (χ1v) is 10.2. The number of esters is 2. The van der Waals surface area contributed by atoms with Gasteiger partial charge in [0.05, 0.1) is 0 Å². The van der Waals surface area contributed by atoms with Gasteiger partial charge >= 0.3 is 11.9 Å². The molecule has 1 aliphatic rings. The topological polar surface area (TPSA) is 52.6 Å².